The molecule has 0 aliphatic carbocycles. The van der Waals surface area contributed by atoms with E-state index in [1.807, 2.05) is 13.8 Å². The molecule has 2 aromatic carbocycles. The first kappa shape index (κ1) is 19.2. The largest absolute Gasteiger partial charge is 0.490 e. The fraction of sp³-hybridized carbons (Fsp3) is 0.263. The van der Waals surface area contributed by atoms with Crippen LogP contribution in [-0.2, 0) is 4.79 Å². The molecule has 3 N–H and O–H groups in total. The number of rotatable bonds is 7. The van der Waals surface area contributed by atoms with Gasteiger partial charge in [-0.15, -0.1) is 0 Å². The minimum Gasteiger partial charge on any atom is -0.490 e. The topological polar surface area (TPSA) is 79.5 Å². The van der Waals surface area contributed by atoms with Crippen molar-refractivity contribution in [2.24, 2.45) is 0 Å². The predicted molar refractivity (Wildman–Crippen MR) is 98.9 cm³/mol. The van der Waals surface area contributed by atoms with E-state index in [4.69, 9.17) is 4.74 Å². The summed E-state index contributed by atoms with van der Waals surface area (Å²) in [6.45, 7) is 3.81. The number of carbonyl (C=O) groups excluding carboxylic acids is 2. The van der Waals surface area contributed by atoms with Crippen LogP contribution in [0.1, 0.15) is 20.3 Å². The summed E-state index contributed by atoms with van der Waals surface area (Å²) in [7, 11) is 0. The molecule has 2 rings (SSSR count). The van der Waals surface area contributed by atoms with Crippen molar-refractivity contribution in [2.75, 3.05) is 17.2 Å². The van der Waals surface area contributed by atoms with Gasteiger partial charge in [-0.25, -0.2) is 9.18 Å². The zero-order valence-corrected chi connectivity index (χ0v) is 14.7. The van der Waals surface area contributed by atoms with Crippen LogP contribution in [0.25, 0.3) is 0 Å². The smallest absolute Gasteiger partial charge is 0.319 e. The second-order valence-corrected chi connectivity index (χ2v) is 5.91. The van der Waals surface area contributed by atoms with Gasteiger partial charge in [0, 0.05) is 17.4 Å². The average molecular weight is 359 g/mol. The van der Waals surface area contributed by atoms with Crippen LogP contribution in [0.2, 0.25) is 0 Å². The molecule has 7 heteroatoms. The van der Waals surface area contributed by atoms with Crippen molar-refractivity contribution in [2.45, 2.75) is 26.3 Å². The van der Waals surface area contributed by atoms with Gasteiger partial charge in [-0.2, -0.15) is 0 Å². The molecule has 138 valence electrons. The van der Waals surface area contributed by atoms with E-state index >= 15 is 0 Å². The summed E-state index contributed by atoms with van der Waals surface area (Å²) in [5, 5.41) is 8.13. The van der Waals surface area contributed by atoms with Crippen molar-refractivity contribution in [1.82, 2.24) is 5.32 Å². The molecule has 0 saturated carbocycles. The quantitative estimate of drug-likeness (QED) is 0.704. The molecule has 3 amide bonds. The minimum absolute atomic E-state index is 0.0418. The number of benzene rings is 2. The third-order valence-corrected chi connectivity index (χ3v) is 3.27. The highest BCUT2D eigenvalue weighted by molar-refractivity contribution is 5.92. The molecule has 0 bridgehead atoms. The van der Waals surface area contributed by atoms with Crippen LogP contribution in [0.15, 0.2) is 48.5 Å². The van der Waals surface area contributed by atoms with Gasteiger partial charge < -0.3 is 20.7 Å². The van der Waals surface area contributed by atoms with E-state index in [2.05, 4.69) is 16.0 Å². The Labute approximate surface area is 151 Å². The molecular formula is C19H22FN3O3. The van der Waals surface area contributed by atoms with E-state index in [1.165, 1.54) is 12.1 Å². The summed E-state index contributed by atoms with van der Waals surface area (Å²) < 4.78 is 18.6. The van der Waals surface area contributed by atoms with Gasteiger partial charge in [-0.1, -0.05) is 12.1 Å². The molecule has 0 radical (unpaired) electrons. The maximum atomic E-state index is 13.4. The van der Waals surface area contributed by atoms with Gasteiger partial charge in [0.05, 0.1) is 13.0 Å². The molecule has 0 heterocycles. The van der Waals surface area contributed by atoms with Crippen LogP contribution in [0.5, 0.6) is 5.75 Å². The van der Waals surface area contributed by atoms with E-state index in [-0.39, 0.29) is 36.8 Å². The van der Waals surface area contributed by atoms with Crippen molar-refractivity contribution >= 4 is 23.3 Å². The van der Waals surface area contributed by atoms with Crippen LogP contribution in [0, 0.1) is 5.82 Å². The number of halogens is 1. The Bertz CT molecular complexity index is 748. The Hall–Kier alpha value is -3.09. The number of hydrogen-bond donors (Lipinski definition) is 3. The number of ether oxygens (including phenoxy) is 1. The fourth-order valence-corrected chi connectivity index (χ4v) is 2.11. The normalized spacial score (nSPS) is 10.3. The molecule has 0 aromatic heterocycles. The van der Waals surface area contributed by atoms with Crippen LogP contribution >= 0.6 is 0 Å². The third kappa shape index (κ3) is 6.43. The first-order valence-corrected chi connectivity index (χ1v) is 8.29. The predicted octanol–water partition coefficient (Wildman–Crippen LogP) is 3.76. The first-order chi connectivity index (χ1) is 12.4. The highest BCUT2D eigenvalue weighted by Gasteiger charge is 2.07. The zero-order valence-electron chi connectivity index (χ0n) is 14.7. The summed E-state index contributed by atoms with van der Waals surface area (Å²) in [5.41, 5.74) is 1.21. The molecular weight excluding hydrogens is 337 g/mol. The van der Waals surface area contributed by atoms with Crippen molar-refractivity contribution < 1.29 is 18.7 Å². The van der Waals surface area contributed by atoms with Gasteiger partial charge in [0.25, 0.3) is 0 Å². The Kier molecular flexibility index (Phi) is 6.96. The van der Waals surface area contributed by atoms with Crippen molar-refractivity contribution in [3.8, 4) is 5.75 Å². The van der Waals surface area contributed by atoms with Gasteiger partial charge in [0.1, 0.15) is 0 Å². The Morgan fingerprint density at radius 2 is 1.62 bits per heavy atom. The number of hydrogen-bond acceptors (Lipinski definition) is 3. The summed E-state index contributed by atoms with van der Waals surface area (Å²) in [6, 6.07) is 12.5. The third-order valence-electron chi connectivity index (χ3n) is 3.27. The van der Waals surface area contributed by atoms with Crippen molar-refractivity contribution in [3.05, 3.63) is 54.3 Å². The monoisotopic (exact) mass is 359 g/mol. The second-order valence-electron chi connectivity index (χ2n) is 5.91. The summed E-state index contributed by atoms with van der Waals surface area (Å²) in [6.07, 6.45) is 0.0884. The Morgan fingerprint density at radius 3 is 2.23 bits per heavy atom. The van der Waals surface area contributed by atoms with E-state index < -0.39 is 5.82 Å². The molecule has 0 aliphatic rings. The standard InChI is InChI=1S/C19H22FN3O3/c1-13(2)21-19(25)23-15-9-7-14(8-10-15)22-18(24)11-12-26-17-6-4-3-5-16(17)20/h3-10,13H,11-12H2,1-2H3,(H,22,24)(H2,21,23,25). The van der Waals surface area contributed by atoms with Crippen molar-refractivity contribution in [1.29, 1.82) is 0 Å². The number of para-hydroxylation sites is 1. The molecule has 2 aromatic rings. The number of anilines is 2. The van der Waals surface area contributed by atoms with Crippen molar-refractivity contribution in [3.63, 3.8) is 0 Å². The molecule has 0 atom stereocenters. The molecule has 26 heavy (non-hydrogen) atoms. The molecule has 0 fully saturated rings. The van der Waals surface area contributed by atoms with Gasteiger partial charge in [0.2, 0.25) is 5.91 Å². The lowest BCUT2D eigenvalue weighted by Crippen LogP contribution is -2.34. The summed E-state index contributed by atoms with van der Waals surface area (Å²) in [5.74, 6) is -0.590. The van der Waals surface area contributed by atoms with E-state index in [9.17, 15) is 14.0 Å². The first-order valence-electron chi connectivity index (χ1n) is 8.29. The van der Waals surface area contributed by atoms with Crippen LogP contribution in [0.4, 0.5) is 20.6 Å². The number of nitrogens with one attached hydrogen (secondary N) is 3. The lowest BCUT2D eigenvalue weighted by molar-refractivity contribution is -0.116. The van der Waals surface area contributed by atoms with Gasteiger partial charge in [-0.3, -0.25) is 4.79 Å². The van der Waals surface area contributed by atoms with Crippen LogP contribution in [0.3, 0.4) is 0 Å². The maximum absolute atomic E-state index is 13.4. The molecule has 0 aliphatic heterocycles. The molecule has 0 unspecified atom stereocenters. The van der Waals surface area contributed by atoms with Gasteiger partial charge in [0.15, 0.2) is 11.6 Å². The van der Waals surface area contributed by atoms with Crippen LogP contribution in [-0.4, -0.2) is 24.6 Å². The highest BCUT2D eigenvalue weighted by Crippen LogP contribution is 2.16. The van der Waals surface area contributed by atoms with Gasteiger partial charge >= 0.3 is 6.03 Å². The highest BCUT2D eigenvalue weighted by atomic mass is 19.1. The molecule has 6 nitrogen and oxygen atoms in total. The lowest BCUT2D eigenvalue weighted by Gasteiger charge is -2.11. The van der Waals surface area contributed by atoms with Crippen LogP contribution < -0.4 is 20.7 Å². The SMILES string of the molecule is CC(C)NC(=O)Nc1ccc(NC(=O)CCOc2ccccc2F)cc1. The Balaban J connectivity index is 1.76. The minimum atomic E-state index is -0.461. The summed E-state index contributed by atoms with van der Waals surface area (Å²) in [4.78, 5) is 23.5. The van der Waals surface area contributed by atoms with Gasteiger partial charge in [-0.05, 0) is 50.2 Å². The molecule has 0 saturated heterocycles. The maximum Gasteiger partial charge on any atom is 0.319 e. The second kappa shape index (κ2) is 9.41. The number of amides is 3. The zero-order chi connectivity index (χ0) is 18.9. The number of carbonyl (C=O) groups is 2. The van der Waals surface area contributed by atoms with E-state index in [0.29, 0.717) is 11.4 Å². The number of urea groups is 1. The Morgan fingerprint density at radius 1 is 1.00 bits per heavy atom. The average Bonchev–Trinajstić information content (AvgIpc) is 2.57. The fourth-order valence-electron chi connectivity index (χ4n) is 2.11. The summed E-state index contributed by atoms with van der Waals surface area (Å²) >= 11 is 0. The van der Waals surface area contributed by atoms with E-state index in [1.54, 1.807) is 36.4 Å². The van der Waals surface area contributed by atoms with E-state index in [0.717, 1.165) is 0 Å². The lowest BCUT2D eigenvalue weighted by atomic mass is 10.2. The molecule has 0 spiro atoms.